The first-order chi connectivity index (χ1) is 14.0. The van der Waals surface area contributed by atoms with Gasteiger partial charge in [-0.2, -0.15) is 0 Å². The van der Waals surface area contributed by atoms with Crippen molar-refractivity contribution in [2.24, 2.45) is 0 Å². The molecule has 2 aromatic rings. The van der Waals surface area contributed by atoms with Crippen LogP contribution in [0, 0.1) is 17.5 Å². The molecule has 0 saturated carbocycles. The van der Waals surface area contributed by atoms with Crippen LogP contribution >= 0.6 is 0 Å². The topological polar surface area (TPSA) is 18.5 Å². The lowest BCUT2D eigenvalue weighted by atomic mass is 9.90. The molecule has 29 heavy (non-hydrogen) atoms. The molecular formula is C24H29F3O2. The van der Waals surface area contributed by atoms with Crippen LogP contribution in [0.2, 0.25) is 0 Å². The van der Waals surface area contributed by atoms with E-state index in [9.17, 15) is 13.2 Å². The predicted octanol–water partition coefficient (Wildman–Crippen LogP) is 6.76. The van der Waals surface area contributed by atoms with Gasteiger partial charge in [-0.3, -0.25) is 0 Å². The molecule has 0 aromatic heterocycles. The quantitative estimate of drug-likeness (QED) is 0.451. The van der Waals surface area contributed by atoms with Gasteiger partial charge in [-0.05, 0) is 55.4 Å². The molecule has 2 unspecified atom stereocenters. The standard InChI is InChI=1S/C24H29F3O2/c1-3-5-6-7-16-8-12-20(24(27)23(16)26)17-9-11-19(21(25)14-17)18-10-13-22(28-4-2)29-15-18/h8-9,11-12,14,18,22H,3-7,10,13,15H2,1-2H3. The highest BCUT2D eigenvalue weighted by Gasteiger charge is 2.25. The molecular weight excluding hydrogens is 377 g/mol. The van der Waals surface area contributed by atoms with Crippen LogP contribution in [0.25, 0.3) is 11.1 Å². The number of unbranched alkanes of at least 4 members (excludes halogenated alkanes) is 2. The smallest absolute Gasteiger partial charge is 0.166 e. The highest BCUT2D eigenvalue weighted by atomic mass is 19.2. The Balaban J connectivity index is 1.76. The van der Waals surface area contributed by atoms with Gasteiger partial charge >= 0.3 is 0 Å². The monoisotopic (exact) mass is 406 g/mol. The lowest BCUT2D eigenvalue weighted by Crippen LogP contribution is -2.27. The molecule has 1 aliphatic rings. The fourth-order valence-electron chi connectivity index (χ4n) is 3.89. The third-order valence-electron chi connectivity index (χ3n) is 5.55. The van der Waals surface area contributed by atoms with E-state index in [1.54, 1.807) is 24.3 Å². The van der Waals surface area contributed by atoms with Crippen LogP contribution in [0.15, 0.2) is 30.3 Å². The predicted molar refractivity (Wildman–Crippen MR) is 108 cm³/mol. The molecule has 1 saturated heterocycles. The van der Waals surface area contributed by atoms with Crippen molar-refractivity contribution in [3.63, 3.8) is 0 Å². The SMILES string of the molecule is CCCCCc1ccc(-c2ccc(C3CCC(OCC)OC3)c(F)c2)c(F)c1F. The summed E-state index contributed by atoms with van der Waals surface area (Å²) in [6.07, 6.45) is 4.57. The number of benzene rings is 2. The minimum Gasteiger partial charge on any atom is -0.353 e. The first-order valence-corrected chi connectivity index (χ1v) is 10.5. The molecule has 0 amide bonds. The van der Waals surface area contributed by atoms with E-state index in [1.807, 2.05) is 6.92 Å². The molecule has 0 spiro atoms. The van der Waals surface area contributed by atoms with E-state index in [0.29, 0.717) is 42.7 Å². The minimum atomic E-state index is -0.910. The summed E-state index contributed by atoms with van der Waals surface area (Å²) in [6.45, 7) is 4.94. The number of halogens is 3. The largest absolute Gasteiger partial charge is 0.353 e. The first kappa shape index (κ1) is 21.8. The Morgan fingerprint density at radius 1 is 1.00 bits per heavy atom. The number of ether oxygens (including phenoxy) is 2. The molecule has 0 aliphatic carbocycles. The van der Waals surface area contributed by atoms with Crippen LogP contribution in [0.3, 0.4) is 0 Å². The molecule has 2 nitrogen and oxygen atoms in total. The van der Waals surface area contributed by atoms with E-state index in [-0.39, 0.29) is 17.8 Å². The van der Waals surface area contributed by atoms with Gasteiger partial charge in [0.2, 0.25) is 0 Å². The normalized spacial score (nSPS) is 19.5. The summed E-state index contributed by atoms with van der Waals surface area (Å²) in [5.74, 6) is -2.22. The second kappa shape index (κ2) is 10.3. The van der Waals surface area contributed by atoms with Crippen molar-refractivity contribution < 1.29 is 22.6 Å². The van der Waals surface area contributed by atoms with Crippen molar-refractivity contribution >= 4 is 0 Å². The zero-order chi connectivity index (χ0) is 20.8. The van der Waals surface area contributed by atoms with Crippen molar-refractivity contribution in [1.82, 2.24) is 0 Å². The van der Waals surface area contributed by atoms with Gasteiger partial charge in [-0.15, -0.1) is 0 Å². The van der Waals surface area contributed by atoms with E-state index >= 15 is 0 Å². The van der Waals surface area contributed by atoms with E-state index in [1.165, 1.54) is 6.07 Å². The van der Waals surface area contributed by atoms with Crippen molar-refractivity contribution in [2.75, 3.05) is 13.2 Å². The van der Waals surface area contributed by atoms with Crippen molar-refractivity contribution in [3.05, 3.63) is 58.9 Å². The maximum Gasteiger partial charge on any atom is 0.166 e. The molecule has 1 fully saturated rings. The van der Waals surface area contributed by atoms with Crippen LogP contribution in [-0.4, -0.2) is 19.5 Å². The molecule has 2 atom stereocenters. The Labute approximate surface area is 171 Å². The Morgan fingerprint density at radius 3 is 2.48 bits per heavy atom. The molecule has 5 heteroatoms. The summed E-state index contributed by atoms with van der Waals surface area (Å²) in [6, 6.07) is 7.76. The Morgan fingerprint density at radius 2 is 1.83 bits per heavy atom. The number of hydrogen-bond acceptors (Lipinski definition) is 2. The fourth-order valence-corrected chi connectivity index (χ4v) is 3.89. The van der Waals surface area contributed by atoms with Gasteiger partial charge in [0.25, 0.3) is 0 Å². The maximum atomic E-state index is 14.8. The molecule has 158 valence electrons. The third-order valence-corrected chi connectivity index (χ3v) is 5.55. The van der Waals surface area contributed by atoms with Crippen LogP contribution in [0.5, 0.6) is 0 Å². The van der Waals surface area contributed by atoms with Crippen molar-refractivity contribution in [1.29, 1.82) is 0 Å². The number of rotatable bonds is 8. The van der Waals surface area contributed by atoms with Gasteiger partial charge in [0.1, 0.15) is 5.82 Å². The summed E-state index contributed by atoms with van der Waals surface area (Å²) >= 11 is 0. The van der Waals surface area contributed by atoms with E-state index in [0.717, 1.165) is 25.7 Å². The molecule has 0 radical (unpaired) electrons. The lowest BCUT2D eigenvalue weighted by Gasteiger charge is -2.29. The van der Waals surface area contributed by atoms with Gasteiger partial charge in [0.05, 0.1) is 6.61 Å². The summed E-state index contributed by atoms with van der Waals surface area (Å²) < 4.78 is 54.9. The van der Waals surface area contributed by atoms with Crippen LogP contribution in [0.4, 0.5) is 13.2 Å². The summed E-state index contributed by atoms with van der Waals surface area (Å²) in [7, 11) is 0. The first-order valence-electron chi connectivity index (χ1n) is 10.5. The lowest BCUT2D eigenvalue weighted by molar-refractivity contribution is -0.164. The zero-order valence-corrected chi connectivity index (χ0v) is 17.1. The second-order valence-electron chi connectivity index (χ2n) is 7.59. The van der Waals surface area contributed by atoms with E-state index < -0.39 is 17.5 Å². The van der Waals surface area contributed by atoms with Crippen molar-refractivity contribution in [2.45, 2.75) is 64.6 Å². The van der Waals surface area contributed by atoms with Gasteiger partial charge in [-0.1, -0.05) is 44.0 Å². The van der Waals surface area contributed by atoms with Gasteiger partial charge in [0, 0.05) is 18.1 Å². The van der Waals surface area contributed by atoms with Crippen LogP contribution in [0.1, 0.15) is 63.0 Å². The molecule has 2 aromatic carbocycles. The molecule has 1 aliphatic heterocycles. The molecule has 1 heterocycles. The minimum absolute atomic E-state index is 0.0664. The fraction of sp³-hybridized carbons (Fsp3) is 0.500. The van der Waals surface area contributed by atoms with Gasteiger partial charge in [0.15, 0.2) is 17.9 Å². The maximum absolute atomic E-state index is 14.8. The van der Waals surface area contributed by atoms with Crippen LogP contribution < -0.4 is 0 Å². The molecule has 0 N–H and O–H groups in total. The molecule has 0 bridgehead atoms. The highest BCUT2D eigenvalue weighted by Crippen LogP contribution is 2.34. The zero-order valence-electron chi connectivity index (χ0n) is 17.1. The van der Waals surface area contributed by atoms with Gasteiger partial charge in [-0.25, -0.2) is 13.2 Å². The Bertz CT molecular complexity index is 814. The van der Waals surface area contributed by atoms with Gasteiger partial charge < -0.3 is 9.47 Å². The van der Waals surface area contributed by atoms with Crippen molar-refractivity contribution in [3.8, 4) is 11.1 Å². The number of hydrogen-bond donors (Lipinski definition) is 0. The molecule has 3 rings (SSSR count). The summed E-state index contributed by atoms with van der Waals surface area (Å²) in [4.78, 5) is 0. The number of aryl methyl sites for hydroxylation is 1. The van der Waals surface area contributed by atoms with Crippen LogP contribution in [-0.2, 0) is 15.9 Å². The van der Waals surface area contributed by atoms with E-state index in [2.05, 4.69) is 6.92 Å². The summed E-state index contributed by atoms with van der Waals surface area (Å²) in [5.41, 5.74) is 1.34. The second-order valence-corrected chi connectivity index (χ2v) is 7.59. The average molecular weight is 406 g/mol. The Hall–Kier alpha value is -1.85. The third kappa shape index (κ3) is 5.20. The summed E-state index contributed by atoms with van der Waals surface area (Å²) in [5, 5.41) is 0. The Kier molecular flexibility index (Phi) is 7.73. The van der Waals surface area contributed by atoms with E-state index in [4.69, 9.17) is 9.47 Å². The highest BCUT2D eigenvalue weighted by molar-refractivity contribution is 5.65. The average Bonchev–Trinajstić information content (AvgIpc) is 2.72.